The van der Waals surface area contributed by atoms with Gasteiger partial charge in [-0.25, -0.2) is 5.48 Å². The second-order valence-corrected chi connectivity index (χ2v) is 6.59. The maximum Gasteiger partial charge on any atom is 0.244 e. The molecule has 0 spiro atoms. The van der Waals surface area contributed by atoms with Crippen molar-refractivity contribution in [1.29, 1.82) is 0 Å². The molecule has 24 heavy (non-hydrogen) atoms. The molecule has 0 bridgehead atoms. The van der Waals surface area contributed by atoms with E-state index in [4.69, 9.17) is 5.21 Å². The molecule has 0 aromatic heterocycles. The molecule has 1 atom stereocenters. The van der Waals surface area contributed by atoms with Gasteiger partial charge in [-0.3, -0.25) is 19.7 Å². The molecule has 0 saturated carbocycles. The SMILES string of the molecule is O=C(CCCCCN1C(=O)[C@@H]2CCCN2Cc2ccccc21)NO. The van der Waals surface area contributed by atoms with E-state index in [9.17, 15) is 9.59 Å². The Bertz CT molecular complexity index is 605. The number of benzene rings is 1. The lowest BCUT2D eigenvalue weighted by atomic mass is 10.1. The number of carbonyl (C=O) groups is 2. The summed E-state index contributed by atoms with van der Waals surface area (Å²) in [5, 5.41) is 8.50. The molecule has 6 nitrogen and oxygen atoms in total. The number of anilines is 1. The number of para-hydroxylation sites is 1. The zero-order valence-electron chi connectivity index (χ0n) is 13.9. The summed E-state index contributed by atoms with van der Waals surface area (Å²) in [4.78, 5) is 28.3. The summed E-state index contributed by atoms with van der Waals surface area (Å²) >= 11 is 0. The summed E-state index contributed by atoms with van der Waals surface area (Å²) in [6.45, 7) is 2.52. The van der Waals surface area contributed by atoms with Crippen LogP contribution in [-0.2, 0) is 16.1 Å². The average Bonchev–Trinajstić information content (AvgIpc) is 3.02. The highest BCUT2D eigenvalue weighted by molar-refractivity contribution is 5.98. The van der Waals surface area contributed by atoms with E-state index in [0.717, 1.165) is 44.5 Å². The standard InChI is InChI=1S/C18H25N3O3/c22-17(19-24)10-2-1-5-12-21-15-8-4-3-7-14(15)13-20-11-6-9-16(20)18(21)23/h3-4,7-8,16,24H,1-2,5-6,9-13H2,(H,19,22)/t16-/m0/s1. The average molecular weight is 331 g/mol. The Morgan fingerprint density at radius 1 is 1.25 bits per heavy atom. The quantitative estimate of drug-likeness (QED) is 0.475. The molecular formula is C18H25N3O3. The van der Waals surface area contributed by atoms with Gasteiger partial charge in [0.1, 0.15) is 0 Å². The predicted molar refractivity (Wildman–Crippen MR) is 90.6 cm³/mol. The number of hydrogen-bond acceptors (Lipinski definition) is 4. The summed E-state index contributed by atoms with van der Waals surface area (Å²) in [6.07, 6.45) is 4.77. The van der Waals surface area contributed by atoms with Crippen LogP contribution < -0.4 is 10.4 Å². The van der Waals surface area contributed by atoms with Gasteiger partial charge in [0.15, 0.2) is 0 Å². The van der Waals surface area contributed by atoms with E-state index in [1.54, 1.807) is 5.48 Å². The molecule has 0 radical (unpaired) electrons. The number of fused-ring (bicyclic) bond motifs is 2. The van der Waals surface area contributed by atoms with Gasteiger partial charge in [-0.15, -0.1) is 0 Å². The van der Waals surface area contributed by atoms with Crippen molar-refractivity contribution < 1.29 is 14.8 Å². The second-order valence-electron chi connectivity index (χ2n) is 6.59. The molecule has 2 heterocycles. The van der Waals surface area contributed by atoms with Crippen molar-refractivity contribution in [3.8, 4) is 0 Å². The molecule has 1 aromatic rings. The van der Waals surface area contributed by atoms with Crippen molar-refractivity contribution in [3.63, 3.8) is 0 Å². The van der Waals surface area contributed by atoms with Gasteiger partial charge in [-0.1, -0.05) is 24.6 Å². The fraction of sp³-hybridized carbons (Fsp3) is 0.556. The normalized spacial score (nSPS) is 20.5. The Labute approximate surface area is 142 Å². The lowest BCUT2D eigenvalue weighted by Crippen LogP contribution is -2.43. The first-order valence-electron chi connectivity index (χ1n) is 8.77. The number of nitrogens with one attached hydrogen (secondary N) is 1. The van der Waals surface area contributed by atoms with E-state index in [2.05, 4.69) is 11.0 Å². The van der Waals surface area contributed by atoms with Gasteiger partial charge < -0.3 is 4.90 Å². The summed E-state index contributed by atoms with van der Waals surface area (Å²) in [5.41, 5.74) is 3.90. The number of amides is 2. The molecule has 2 amide bonds. The van der Waals surface area contributed by atoms with E-state index in [-0.39, 0.29) is 17.9 Å². The number of hydrogen-bond donors (Lipinski definition) is 2. The molecular weight excluding hydrogens is 306 g/mol. The van der Waals surface area contributed by atoms with Gasteiger partial charge in [0, 0.05) is 25.2 Å². The molecule has 2 aliphatic heterocycles. The van der Waals surface area contributed by atoms with Crippen LogP contribution in [0.1, 0.15) is 44.1 Å². The zero-order chi connectivity index (χ0) is 16.9. The van der Waals surface area contributed by atoms with Gasteiger partial charge in [0.25, 0.3) is 0 Å². The molecule has 3 rings (SSSR count). The van der Waals surface area contributed by atoms with Crippen LogP contribution in [0.2, 0.25) is 0 Å². The lowest BCUT2D eigenvalue weighted by Gasteiger charge is -2.26. The summed E-state index contributed by atoms with van der Waals surface area (Å²) in [7, 11) is 0. The molecule has 0 aliphatic carbocycles. The van der Waals surface area contributed by atoms with E-state index < -0.39 is 0 Å². The van der Waals surface area contributed by atoms with Crippen LogP contribution >= 0.6 is 0 Å². The Balaban J connectivity index is 1.66. The Morgan fingerprint density at radius 3 is 2.92 bits per heavy atom. The minimum absolute atomic E-state index is 0.0116. The highest BCUT2D eigenvalue weighted by Crippen LogP contribution is 2.32. The highest BCUT2D eigenvalue weighted by atomic mass is 16.5. The topological polar surface area (TPSA) is 72.9 Å². The molecule has 2 aliphatic rings. The van der Waals surface area contributed by atoms with E-state index in [0.29, 0.717) is 19.4 Å². The third-order valence-corrected chi connectivity index (χ3v) is 4.98. The smallest absolute Gasteiger partial charge is 0.244 e. The van der Waals surface area contributed by atoms with Gasteiger partial charge in [0.2, 0.25) is 11.8 Å². The van der Waals surface area contributed by atoms with E-state index >= 15 is 0 Å². The first-order chi connectivity index (χ1) is 11.7. The van der Waals surface area contributed by atoms with E-state index in [1.807, 2.05) is 23.1 Å². The van der Waals surface area contributed by atoms with Crippen LogP contribution in [0.25, 0.3) is 0 Å². The van der Waals surface area contributed by atoms with Gasteiger partial charge in [0.05, 0.1) is 6.04 Å². The third kappa shape index (κ3) is 3.60. The van der Waals surface area contributed by atoms with Crippen LogP contribution in [0, 0.1) is 0 Å². The van der Waals surface area contributed by atoms with Gasteiger partial charge in [-0.05, 0) is 43.9 Å². The number of nitrogens with zero attached hydrogens (tertiary/aromatic N) is 2. The summed E-state index contributed by atoms with van der Waals surface area (Å²) in [5.74, 6) is -0.140. The molecule has 1 saturated heterocycles. The van der Waals surface area contributed by atoms with Crippen molar-refractivity contribution >= 4 is 17.5 Å². The molecule has 1 aromatic carbocycles. The monoisotopic (exact) mass is 331 g/mol. The molecule has 2 N–H and O–H groups in total. The molecule has 0 unspecified atom stereocenters. The zero-order valence-corrected chi connectivity index (χ0v) is 13.9. The maximum atomic E-state index is 13.0. The predicted octanol–water partition coefficient (Wildman–Crippen LogP) is 2.06. The maximum absolute atomic E-state index is 13.0. The van der Waals surface area contributed by atoms with Crippen LogP contribution in [-0.4, -0.2) is 41.1 Å². The fourth-order valence-corrected chi connectivity index (χ4v) is 3.74. The Hall–Kier alpha value is -1.92. The number of rotatable bonds is 6. The van der Waals surface area contributed by atoms with Gasteiger partial charge in [-0.2, -0.15) is 0 Å². The Morgan fingerprint density at radius 2 is 2.08 bits per heavy atom. The van der Waals surface area contributed by atoms with E-state index in [1.165, 1.54) is 5.56 Å². The van der Waals surface area contributed by atoms with Gasteiger partial charge >= 0.3 is 0 Å². The minimum atomic E-state index is -0.354. The van der Waals surface area contributed by atoms with Crippen LogP contribution in [0.5, 0.6) is 0 Å². The van der Waals surface area contributed by atoms with Crippen LogP contribution in [0.15, 0.2) is 24.3 Å². The lowest BCUT2D eigenvalue weighted by molar-refractivity contribution is -0.129. The first-order valence-corrected chi connectivity index (χ1v) is 8.77. The fourth-order valence-electron chi connectivity index (χ4n) is 3.74. The second kappa shape index (κ2) is 7.77. The number of carbonyl (C=O) groups excluding carboxylic acids is 2. The molecule has 130 valence electrons. The highest BCUT2D eigenvalue weighted by Gasteiger charge is 2.37. The van der Waals surface area contributed by atoms with Crippen molar-refractivity contribution in [2.45, 2.75) is 51.1 Å². The van der Waals surface area contributed by atoms with Crippen molar-refractivity contribution in [1.82, 2.24) is 10.4 Å². The molecule has 1 fully saturated rings. The summed E-state index contributed by atoms with van der Waals surface area (Å²) < 4.78 is 0. The molecule has 6 heteroatoms. The van der Waals surface area contributed by atoms with Crippen molar-refractivity contribution in [2.75, 3.05) is 18.0 Å². The van der Waals surface area contributed by atoms with Crippen molar-refractivity contribution in [2.24, 2.45) is 0 Å². The summed E-state index contributed by atoms with van der Waals surface area (Å²) in [6, 6.07) is 8.18. The largest absolute Gasteiger partial charge is 0.311 e. The van der Waals surface area contributed by atoms with Crippen LogP contribution in [0.4, 0.5) is 5.69 Å². The van der Waals surface area contributed by atoms with Crippen molar-refractivity contribution in [3.05, 3.63) is 29.8 Å². The number of unbranched alkanes of at least 4 members (excludes halogenated alkanes) is 2. The minimum Gasteiger partial charge on any atom is -0.311 e. The first kappa shape index (κ1) is 16.9. The Kier molecular flexibility index (Phi) is 5.48. The van der Waals surface area contributed by atoms with Crippen LogP contribution in [0.3, 0.4) is 0 Å². The number of hydroxylamine groups is 1. The third-order valence-electron chi connectivity index (χ3n) is 4.98.